The first-order valence-electron chi connectivity index (χ1n) is 9.10. The van der Waals surface area contributed by atoms with Crippen LogP contribution in [0.2, 0.25) is 0 Å². The van der Waals surface area contributed by atoms with Crippen LogP contribution >= 0.6 is 0 Å². The lowest BCUT2D eigenvalue weighted by atomic mass is 9.75. The van der Waals surface area contributed by atoms with E-state index in [4.69, 9.17) is 4.74 Å². The number of amides is 4. The Morgan fingerprint density at radius 2 is 1.78 bits per heavy atom. The minimum atomic E-state index is -1.80. The van der Waals surface area contributed by atoms with Crippen LogP contribution in [0.25, 0.3) is 0 Å². The molecule has 0 spiro atoms. The van der Waals surface area contributed by atoms with Crippen LogP contribution < -0.4 is 5.32 Å². The van der Waals surface area contributed by atoms with Crippen LogP contribution in [0.3, 0.4) is 0 Å². The van der Waals surface area contributed by atoms with Gasteiger partial charge >= 0.3 is 6.03 Å². The quantitative estimate of drug-likeness (QED) is 0.351. The number of ether oxygens (including phenoxy) is 1. The number of rotatable bonds is 6. The molecular weight excluding hydrogens is 360 g/mol. The minimum absolute atomic E-state index is 0.131. The molecule has 2 heterocycles. The van der Waals surface area contributed by atoms with Crippen molar-refractivity contribution in [2.45, 2.75) is 70.7 Å². The second-order valence-electron chi connectivity index (χ2n) is 7.52. The molecule has 2 aliphatic heterocycles. The molecule has 154 valence electrons. The van der Waals surface area contributed by atoms with Crippen LogP contribution in [-0.2, 0) is 14.3 Å². The molecule has 27 heavy (non-hydrogen) atoms. The summed E-state index contributed by atoms with van der Waals surface area (Å²) in [4.78, 5) is 38.6. The first-order chi connectivity index (χ1) is 12.6. The molecule has 2 fully saturated rings. The van der Waals surface area contributed by atoms with E-state index in [-0.39, 0.29) is 18.8 Å². The van der Waals surface area contributed by atoms with E-state index in [1.165, 1.54) is 0 Å². The van der Waals surface area contributed by atoms with E-state index in [0.717, 1.165) is 0 Å². The first-order valence-corrected chi connectivity index (χ1v) is 9.10. The van der Waals surface area contributed by atoms with Crippen LogP contribution in [0.5, 0.6) is 0 Å². The fourth-order valence-electron chi connectivity index (χ4n) is 3.47. The summed E-state index contributed by atoms with van der Waals surface area (Å²) in [7, 11) is 0. The number of urea groups is 1. The molecule has 0 unspecified atom stereocenters. The molecule has 4 amide bonds. The van der Waals surface area contributed by atoms with Gasteiger partial charge in [-0.2, -0.15) is 0 Å². The van der Waals surface area contributed by atoms with Crippen molar-refractivity contribution in [1.82, 2.24) is 10.2 Å². The SMILES string of the molecule is CC[C@@]1(CCC(C)C)C(=O)NC(=O)N([C@@H]2O[C@H](CO)[C@@H](O)[C@H](O)[C@H]2O)C1=O. The predicted molar refractivity (Wildman–Crippen MR) is 90.9 cm³/mol. The maximum atomic E-state index is 13.2. The summed E-state index contributed by atoms with van der Waals surface area (Å²) in [6.45, 7) is 4.83. The number of nitrogens with zero attached hydrogens (tertiary/aromatic N) is 1. The average Bonchev–Trinajstić information content (AvgIpc) is 2.61. The number of hydrogen-bond donors (Lipinski definition) is 5. The highest BCUT2D eigenvalue weighted by Crippen LogP contribution is 2.37. The van der Waals surface area contributed by atoms with E-state index >= 15 is 0 Å². The number of imide groups is 2. The summed E-state index contributed by atoms with van der Waals surface area (Å²) in [5, 5.41) is 41.6. The van der Waals surface area contributed by atoms with E-state index < -0.39 is 60.5 Å². The summed E-state index contributed by atoms with van der Waals surface area (Å²) in [5.41, 5.74) is -1.50. The number of carbonyl (C=O) groups is 3. The van der Waals surface area contributed by atoms with E-state index in [1.807, 2.05) is 13.8 Å². The third-order valence-electron chi connectivity index (χ3n) is 5.38. The van der Waals surface area contributed by atoms with Gasteiger partial charge < -0.3 is 25.2 Å². The lowest BCUT2D eigenvalue weighted by Gasteiger charge is -2.47. The van der Waals surface area contributed by atoms with Crippen LogP contribution in [-0.4, -0.2) is 80.4 Å². The van der Waals surface area contributed by atoms with Gasteiger partial charge in [0.25, 0.3) is 0 Å². The Kier molecular flexibility index (Phi) is 6.59. The van der Waals surface area contributed by atoms with Crippen molar-refractivity contribution < 1.29 is 39.5 Å². The molecule has 0 radical (unpaired) electrons. The van der Waals surface area contributed by atoms with Gasteiger partial charge in [-0.3, -0.25) is 14.9 Å². The second kappa shape index (κ2) is 8.19. The lowest BCUT2D eigenvalue weighted by molar-refractivity contribution is -0.257. The molecule has 2 saturated heterocycles. The van der Waals surface area contributed by atoms with Gasteiger partial charge in [0, 0.05) is 0 Å². The molecule has 5 N–H and O–H groups in total. The molecule has 2 aliphatic rings. The molecule has 10 heteroatoms. The Hall–Kier alpha value is -1.59. The summed E-state index contributed by atoms with van der Waals surface area (Å²) in [5.74, 6) is -1.32. The van der Waals surface area contributed by atoms with Crippen molar-refractivity contribution in [2.75, 3.05) is 6.61 Å². The number of hydrogen-bond acceptors (Lipinski definition) is 8. The van der Waals surface area contributed by atoms with E-state index in [2.05, 4.69) is 5.32 Å². The van der Waals surface area contributed by atoms with Crippen LogP contribution in [0.4, 0.5) is 4.79 Å². The molecule has 2 rings (SSSR count). The van der Waals surface area contributed by atoms with Gasteiger partial charge in [0.15, 0.2) is 6.23 Å². The van der Waals surface area contributed by atoms with Crippen molar-refractivity contribution in [3.05, 3.63) is 0 Å². The fraction of sp³-hybridized carbons (Fsp3) is 0.824. The van der Waals surface area contributed by atoms with Gasteiger partial charge in [0.1, 0.15) is 29.8 Å². The van der Waals surface area contributed by atoms with Crippen LogP contribution in [0.15, 0.2) is 0 Å². The van der Waals surface area contributed by atoms with Crippen molar-refractivity contribution in [1.29, 1.82) is 0 Å². The van der Waals surface area contributed by atoms with Gasteiger partial charge in [0.2, 0.25) is 11.8 Å². The molecular formula is C17H28N2O8. The molecule has 0 saturated carbocycles. The third kappa shape index (κ3) is 3.72. The largest absolute Gasteiger partial charge is 0.394 e. The van der Waals surface area contributed by atoms with Crippen LogP contribution in [0, 0.1) is 11.3 Å². The molecule has 0 aromatic heterocycles. The second-order valence-corrected chi connectivity index (χ2v) is 7.52. The Labute approximate surface area is 157 Å². The molecule has 0 aliphatic carbocycles. The summed E-state index contributed by atoms with van der Waals surface area (Å²) >= 11 is 0. The van der Waals surface area contributed by atoms with Crippen molar-refractivity contribution in [3.63, 3.8) is 0 Å². The highest BCUT2D eigenvalue weighted by atomic mass is 16.6. The van der Waals surface area contributed by atoms with Gasteiger partial charge in [-0.1, -0.05) is 20.8 Å². The van der Waals surface area contributed by atoms with Crippen molar-refractivity contribution in [2.24, 2.45) is 11.3 Å². The number of nitrogens with one attached hydrogen (secondary N) is 1. The Morgan fingerprint density at radius 1 is 1.15 bits per heavy atom. The number of barbiturate groups is 1. The zero-order chi connectivity index (χ0) is 20.5. The smallest absolute Gasteiger partial charge is 0.333 e. The highest BCUT2D eigenvalue weighted by molar-refractivity contribution is 6.19. The van der Waals surface area contributed by atoms with E-state index in [1.54, 1.807) is 6.92 Å². The number of aliphatic hydroxyl groups is 4. The number of aliphatic hydroxyl groups excluding tert-OH is 4. The molecule has 0 bridgehead atoms. The lowest BCUT2D eigenvalue weighted by Crippen LogP contribution is -2.72. The number of carbonyl (C=O) groups excluding carboxylic acids is 3. The predicted octanol–water partition coefficient (Wildman–Crippen LogP) is -1.30. The summed E-state index contributed by atoms with van der Waals surface area (Å²) in [6.07, 6.45) is -7.20. The van der Waals surface area contributed by atoms with E-state index in [0.29, 0.717) is 11.3 Å². The van der Waals surface area contributed by atoms with E-state index in [9.17, 15) is 34.8 Å². The van der Waals surface area contributed by atoms with Gasteiger partial charge in [-0.15, -0.1) is 0 Å². The average molecular weight is 388 g/mol. The molecule has 10 nitrogen and oxygen atoms in total. The van der Waals surface area contributed by atoms with Crippen molar-refractivity contribution in [3.8, 4) is 0 Å². The highest BCUT2D eigenvalue weighted by Gasteiger charge is 2.57. The monoisotopic (exact) mass is 388 g/mol. The summed E-state index contributed by atoms with van der Waals surface area (Å²) < 4.78 is 5.33. The summed E-state index contributed by atoms with van der Waals surface area (Å²) in [6, 6.07) is -1.08. The maximum absolute atomic E-state index is 13.2. The van der Waals surface area contributed by atoms with Crippen LogP contribution in [0.1, 0.15) is 40.0 Å². The maximum Gasteiger partial charge on any atom is 0.333 e. The van der Waals surface area contributed by atoms with Gasteiger partial charge in [-0.25, -0.2) is 9.69 Å². The fourth-order valence-corrected chi connectivity index (χ4v) is 3.47. The molecule has 0 aromatic rings. The normalized spacial score (nSPS) is 37.7. The zero-order valence-corrected chi connectivity index (χ0v) is 15.7. The van der Waals surface area contributed by atoms with Crippen molar-refractivity contribution >= 4 is 17.8 Å². The third-order valence-corrected chi connectivity index (χ3v) is 5.38. The van der Waals surface area contributed by atoms with Gasteiger partial charge in [0.05, 0.1) is 6.61 Å². The molecule has 6 atom stereocenters. The Morgan fingerprint density at radius 3 is 2.30 bits per heavy atom. The van der Waals surface area contributed by atoms with Gasteiger partial charge in [-0.05, 0) is 25.2 Å². The first kappa shape index (κ1) is 21.7. The topological polar surface area (TPSA) is 157 Å². The minimum Gasteiger partial charge on any atom is -0.394 e. The Balaban J connectivity index is 2.38. The zero-order valence-electron chi connectivity index (χ0n) is 15.7. The molecule has 0 aromatic carbocycles. The Bertz CT molecular complexity index is 595. The standard InChI is InChI=1S/C17H28N2O8/c1-4-17(6-5-8(2)3)14(24)18-16(26)19(15(17)25)13-12(23)11(22)10(21)9(7-20)27-13/h8-13,20-23H,4-7H2,1-3H3,(H,18,24,26)/t9-,10-,11+,12-,13-,17-/m1/s1.